The van der Waals surface area contributed by atoms with Gasteiger partial charge in [0.05, 0.1) is 0 Å². The Kier molecular flexibility index (Phi) is 8.49. The first kappa shape index (κ1) is 23.1. The zero-order valence-electron chi connectivity index (χ0n) is 18.2. The number of hydrogen-bond acceptors (Lipinski definition) is 3. The predicted molar refractivity (Wildman–Crippen MR) is 122 cm³/mol. The number of carbonyl (C=O) groups excluding carboxylic acids is 2. The summed E-state index contributed by atoms with van der Waals surface area (Å²) >= 11 is 0. The van der Waals surface area contributed by atoms with Crippen LogP contribution in [0.1, 0.15) is 36.5 Å². The number of hydrogen-bond donors (Lipinski definition) is 1. The first-order valence-electron chi connectivity index (χ1n) is 10.8. The lowest BCUT2D eigenvalue weighted by atomic mass is 10.0. The van der Waals surface area contributed by atoms with Gasteiger partial charge in [-0.1, -0.05) is 49.4 Å². The molecule has 6 heteroatoms. The Morgan fingerprint density at radius 3 is 2.28 bits per heavy atom. The molecule has 166 valence electrons. The van der Waals surface area contributed by atoms with Crippen LogP contribution in [0, 0.1) is 5.82 Å². The highest BCUT2D eigenvalue weighted by molar-refractivity contribution is 5.88. The highest BCUT2D eigenvalue weighted by Gasteiger charge is 2.29. The van der Waals surface area contributed by atoms with Crippen molar-refractivity contribution in [3.63, 3.8) is 0 Å². The van der Waals surface area contributed by atoms with Gasteiger partial charge in [-0.15, -0.1) is 0 Å². The number of nitrogens with zero attached hydrogens (tertiary/aromatic N) is 2. The number of amides is 2. The van der Waals surface area contributed by atoms with E-state index >= 15 is 0 Å². The Balaban J connectivity index is 1.87. The van der Waals surface area contributed by atoms with Crippen molar-refractivity contribution in [2.24, 2.45) is 0 Å². The van der Waals surface area contributed by atoms with Gasteiger partial charge in [0.15, 0.2) is 0 Å². The number of nitrogens with one attached hydrogen (secondary N) is 1. The van der Waals surface area contributed by atoms with Gasteiger partial charge in [-0.05, 0) is 47.4 Å². The van der Waals surface area contributed by atoms with Gasteiger partial charge in [0, 0.05) is 38.3 Å². The van der Waals surface area contributed by atoms with E-state index in [-0.39, 0.29) is 24.2 Å². The van der Waals surface area contributed by atoms with Crippen LogP contribution in [0.5, 0.6) is 0 Å². The molecule has 0 radical (unpaired) electrons. The van der Waals surface area contributed by atoms with Gasteiger partial charge in [0.1, 0.15) is 11.9 Å². The van der Waals surface area contributed by atoms with Gasteiger partial charge in [-0.3, -0.25) is 14.6 Å². The van der Waals surface area contributed by atoms with Crippen LogP contribution in [0.25, 0.3) is 0 Å². The maximum atomic E-state index is 13.4. The number of halogens is 1. The summed E-state index contributed by atoms with van der Waals surface area (Å²) in [5.41, 5.74) is 2.66. The van der Waals surface area contributed by atoms with Gasteiger partial charge >= 0.3 is 0 Å². The monoisotopic (exact) mass is 433 g/mol. The van der Waals surface area contributed by atoms with E-state index in [1.54, 1.807) is 29.4 Å². The molecule has 0 aliphatic heterocycles. The third kappa shape index (κ3) is 6.74. The van der Waals surface area contributed by atoms with Crippen molar-refractivity contribution in [3.8, 4) is 0 Å². The zero-order valence-corrected chi connectivity index (χ0v) is 18.2. The molecule has 32 heavy (non-hydrogen) atoms. The smallest absolute Gasteiger partial charge is 0.243 e. The van der Waals surface area contributed by atoms with Crippen molar-refractivity contribution in [1.29, 1.82) is 0 Å². The minimum Gasteiger partial charge on any atom is -0.350 e. The lowest BCUT2D eigenvalue weighted by molar-refractivity contribution is -0.141. The van der Waals surface area contributed by atoms with Crippen LogP contribution in [0.3, 0.4) is 0 Å². The van der Waals surface area contributed by atoms with Gasteiger partial charge < -0.3 is 10.2 Å². The average Bonchev–Trinajstić information content (AvgIpc) is 2.82. The molecule has 1 N–H and O–H groups in total. The number of benzene rings is 2. The number of carbonyl (C=O) groups is 2. The number of rotatable bonds is 10. The molecule has 3 rings (SSSR count). The Labute approximate surface area is 188 Å². The minimum atomic E-state index is -0.691. The molecule has 0 aliphatic carbocycles. The molecule has 3 aromatic rings. The SMILES string of the molecule is CCCC(=O)N(Cc1ccc(F)cc1)C(Cc1ccccc1)C(=O)NCc1ccncc1. The van der Waals surface area contributed by atoms with Crippen molar-refractivity contribution in [2.45, 2.75) is 45.3 Å². The average molecular weight is 434 g/mol. The lowest BCUT2D eigenvalue weighted by Crippen LogP contribution is -2.50. The lowest BCUT2D eigenvalue weighted by Gasteiger charge is -2.31. The van der Waals surface area contributed by atoms with Gasteiger partial charge in [-0.25, -0.2) is 4.39 Å². The second-order valence-corrected chi connectivity index (χ2v) is 7.68. The van der Waals surface area contributed by atoms with E-state index in [1.807, 2.05) is 49.4 Å². The van der Waals surface area contributed by atoms with Gasteiger partial charge in [0.2, 0.25) is 11.8 Å². The van der Waals surface area contributed by atoms with E-state index in [4.69, 9.17) is 0 Å². The molecule has 0 saturated heterocycles. The molecule has 2 aromatic carbocycles. The molecule has 1 aromatic heterocycles. The van der Waals surface area contributed by atoms with Crippen molar-refractivity contribution in [1.82, 2.24) is 15.2 Å². The molecule has 0 fully saturated rings. The molecule has 5 nitrogen and oxygen atoms in total. The highest BCUT2D eigenvalue weighted by atomic mass is 19.1. The Hall–Kier alpha value is -3.54. The maximum absolute atomic E-state index is 13.4. The summed E-state index contributed by atoms with van der Waals surface area (Å²) in [5.74, 6) is -0.662. The van der Waals surface area contributed by atoms with Crippen LogP contribution in [-0.2, 0) is 29.1 Å². The first-order chi connectivity index (χ1) is 15.6. The van der Waals surface area contributed by atoms with E-state index in [2.05, 4.69) is 10.3 Å². The summed E-state index contributed by atoms with van der Waals surface area (Å²) in [4.78, 5) is 32.0. The summed E-state index contributed by atoms with van der Waals surface area (Å²) in [6, 6.07) is 18.7. The second kappa shape index (κ2) is 11.7. The first-order valence-corrected chi connectivity index (χ1v) is 10.8. The summed E-state index contributed by atoms with van der Waals surface area (Å²) < 4.78 is 13.4. The van der Waals surface area contributed by atoms with Crippen molar-refractivity contribution in [2.75, 3.05) is 0 Å². The second-order valence-electron chi connectivity index (χ2n) is 7.68. The molecule has 1 atom stereocenters. The van der Waals surface area contributed by atoms with Crippen LogP contribution in [-0.4, -0.2) is 27.7 Å². The van der Waals surface area contributed by atoms with E-state index in [1.165, 1.54) is 12.1 Å². The summed E-state index contributed by atoms with van der Waals surface area (Å²) in [6.07, 6.45) is 4.75. The number of pyridine rings is 1. The van der Waals surface area contributed by atoms with Crippen LogP contribution < -0.4 is 5.32 Å². The van der Waals surface area contributed by atoms with Crippen molar-refractivity contribution >= 4 is 11.8 Å². The van der Waals surface area contributed by atoms with Crippen LogP contribution in [0.2, 0.25) is 0 Å². The van der Waals surface area contributed by atoms with E-state index < -0.39 is 6.04 Å². The maximum Gasteiger partial charge on any atom is 0.243 e. The molecule has 0 saturated carbocycles. The van der Waals surface area contributed by atoms with Crippen LogP contribution >= 0.6 is 0 Å². The fourth-order valence-electron chi connectivity index (χ4n) is 3.51. The van der Waals surface area contributed by atoms with Crippen molar-refractivity contribution in [3.05, 3.63) is 102 Å². The molecule has 0 bridgehead atoms. The third-order valence-corrected chi connectivity index (χ3v) is 5.22. The topological polar surface area (TPSA) is 62.3 Å². The van der Waals surface area contributed by atoms with Crippen LogP contribution in [0.4, 0.5) is 4.39 Å². The fourth-order valence-corrected chi connectivity index (χ4v) is 3.51. The molecule has 1 heterocycles. The third-order valence-electron chi connectivity index (χ3n) is 5.22. The molecular weight excluding hydrogens is 405 g/mol. The molecule has 2 amide bonds. The number of aromatic nitrogens is 1. The quantitative estimate of drug-likeness (QED) is 0.519. The minimum absolute atomic E-state index is 0.100. The van der Waals surface area contributed by atoms with E-state index in [0.717, 1.165) is 16.7 Å². The Morgan fingerprint density at radius 1 is 0.938 bits per heavy atom. The molecule has 1 unspecified atom stereocenters. The van der Waals surface area contributed by atoms with Crippen molar-refractivity contribution < 1.29 is 14.0 Å². The predicted octanol–water partition coefficient (Wildman–Crippen LogP) is 4.28. The van der Waals surface area contributed by atoms with Gasteiger partial charge in [-0.2, -0.15) is 0 Å². The highest BCUT2D eigenvalue weighted by Crippen LogP contribution is 2.17. The van der Waals surface area contributed by atoms with Gasteiger partial charge in [0.25, 0.3) is 0 Å². The molecular formula is C26H28FN3O2. The summed E-state index contributed by atoms with van der Waals surface area (Å²) in [7, 11) is 0. The largest absolute Gasteiger partial charge is 0.350 e. The molecule has 0 aliphatic rings. The molecule has 0 spiro atoms. The zero-order chi connectivity index (χ0) is 22.8. The Morgan fingerprint density at radius 2 is 1.62 bits per heavy atom. The standard InChI is InChI=1S/C26H28FN3O2/c1-2-6-25(31)30(19-22-9-11-23(27)12-10-22)24(17-20-7-4-3-5-8-20)26(32)29-18-21-13-15-28-16-14-21/h3-5,7-16,24H,2,6,17-19H2,1H3,(H,29,32). The summed E-state index contributed by atoms with van der Waals surface area (Å²) in [6.45, 7) is 2.52. The normalized spacial score (nSPS) is 11.6. The Bertz CT molecular complexity index is 995. The van der Waals surface area contributed by atoms with E-state index in [9.17, 15) is 14.0 Å². The van der Waals surface area contributed by atoms with Crippen LogP contribution in [0.15, 0.2) is 79.1 Å². The van der Waals surface area contributed by atoms with E-state index in [0.29, 0.717) is 25.8 Å². The fraction of sp³-hybridized carbons (Fsp3) is 0.269. The summed E-state index contributed by atoms with van der Waals surface area (Å²) in [5, 5.41) is 2.97.